The lowest BCUT2D eigenvalue weighted by atomic mass is 10.1. The molecule has 2 saturated heterocycles. The van der Waals surface area contributed by atoms with Gasteiger partial charge in [-0.3, -0.25) is 0 Å². The summed E-state index contributed by atoms with van der Waals surface area (Å²) in [6, 6.07) is 0.412. The van der Waals surface area contributed by atoms with Crippen LogP contribution in [0.2, 0.25) is 0 Å². The number of hydrogen-bond donors (Lipinski definition) is 1. The molecule has 106 valence electrons. The van der Waals surface area contributed by atoms with Crippen molar-refractivity contribution in [1.82, 2.24) is 9.62 Å². The van der Waals surface area contributed by atoms with Crippen LogP contribution in [0.4, 0.5) is 0 Å². The Bertz CT molecular complexity index is 350. The summed E-state index contributed by atoms with van der Waals surface area (Å²) in [4.78, 5) is 0. The maximum absolute atomic E-state index is 12.5. The summed E-state index contributed by atoms with van der Waals surface area (Å²) in [7, 11) is -3.08. The maximum atomic E-state index is 12.5. The van der Waals surface area contributed by atoms with Crippen molar-refractivity contribution < 1.29 is 8.42 Å². The van der Waals surface area contributed by atoms with Gasteiger partial charge in [0.05, 0.1) is 5.75 Å². The average Bonchev–Trinajstić information content (AvgIpc) is 2.69. The number of hydrogen-bond acceptors (Lipinski definition) is 3. The van der Waals surface area contributed by atoms with Crippen LogP contribution in [0.1, 0.15) is 51.9 Å². The summed E-state index contributed by atoms with van der Waals surface area (Å²) >= 11 is 0. The average molecular weight is 274 g/mol. The van der Waals surface area contributed by atoms with Gasteiger partial charge in [0.1, 0.15) is 0 Å². The summed E-state index contributed by atoms with van der Waals surface area (Å²) in [6.45, 7) is 3.80. The maximum Gasteiger partial charge on any atom is 0.215 e. The van der Waals surface area contributed by atoms with Gasteiger partial charge in [-0.05, 0) is 38.6 Å². The highest BCUT2D eigenvalue weighted by Gasteiger charge is 2.32. The molecule has 1 N–H and O–H groups in total. The van der Waals surface area contributed by atoms with Gasteiger partial charge in [-0.1, -0.05) is 19.8 Å². The fourth-order valence-corrected chi connectivity index (χ4v) is 5.27. The minimum atomic E-state index is -3.08. The Morgan fingerprint density at radius 1 is 1.17 bits per heavy atom. The molecular weight excluding hydrogens is 248 g/mol. The number of nitrogens with zero attached hydrogens (tertiary/aromatic N) is 1. The zero-order valence-corrected chi connectivity index (χ0v) is 12.2. The number of rotatable bonds is 4. The molecule has 2 aliphatic rings. The summed E-state index contributed by atoms with van der Waals surface area (Å²) in [5, 5.41) is 3.29. The van der Waals surface area contributed by atoms with Gasteiger partial charge in [-0.15, -0.1) is 0 Å². The monoisotopic (exact) mass is 274 g/mol. The highest BCUT2D eigenvalue weighted by Crippen LogP contribution is 2.23. The van der Waals surface area contributed by atoms with Crippen molar-refractivity contribution in [3.63, 3.8) is 0 Å². The molecule has 2 fully saturated rings. The lowest BCUT2D eigenvalue weighted by Crippen LogP contribution is -2.44. The van der Waals surface area contributed by atoms with E-state index in [4.69, 9.17) is 0 Å². The van der Waals surface area contributed by atoms with E-state index < -0.39 is 10.0 Å². The second-order valence-electron chi connectivity index (χ2n) is 5.59. The fourth-order valence-electron chi connectivity index (χ4n) is 3.17. The molecule has 0 spiro atoms. The third-order valence-electron chi connectivity index (χ3n) is 4.23. The Labute approximate surface area is 111 Å². The second kappa shape index (κ2) is 6.35. The van der Waals surface area contributed by atoms with Crippen LogP contribution in [0.5, 0.6) is 0 Å². The van der Waals surface area contributed by atoms with E-state index in [1.807, 2.05) is 0 Å². The highest BCUT2D eigenvalue weighted by molar-refractivity contribution is 7.89. The Morgan fingerprint density at radius 3 is 2.67 bits per heavy atom. The molecule has 5 heteroatoms. The van der Waals surface area contributed by atoms with Crippen LogP contribution in [0, 0.1) is 0 Å². The predicted octanol–water partition coefficient (Wildman–Crippen LogP) is 1.72. The van der Waals surface area contributed by atoms with Crippen LogP contribution >= 0.6 is 0 Å². The molecule has 2 heterocycles. The standard InChI is InChI=1S/C13H26N2O2S/c1-2-13-8-4-3-5-10-15(13)18(16,17)11-12-7-6-9-14-12/h12-14H,2-11H2,1H3. The van der Waals surface area contributed by atoms with Crippen LogP contribution in [-0.4, -0.2) is 43.6 Å². The number of sulfonamides is 1. The van der Waals surface area contributed by atoms with E-state index >= 15 is 0 Å². The molecule has 4 nitrogen and oxygen atoms in total. The Morgan fingerprint density at radius 2 is 2.00 bits per heavy atom. The topological polar surface area (TPSA) is 49.4 Å². The fraction of sp³-hybridized carbons (Fsp3) is 1.00. The molecule has 0 amide bonds. The molecule has 0 radical (unpaired) electrons. The molecule has 0 aromatic rings. The minimum Gasteiger partial charge on any atom is -0.313 e. The first-order valence-corrected chi connectivity index (χ1v) is 8.97. The van der Waals surface area contributed by atoms with E-state index in [2.05, 4.69) is 12.2 Å². The molecule has 18 heavy (non-hydrogen) atoms. The van der Waals surface area contributed by atoms with Gasteiger partial charge in [-0.25, -0.2) is 8.42 Å². The Hall–Kier alpha value is -0.130. The molecular formula is C13H26N2O2S. The molecule has 0 aromatic heterocycles. The van der Waals surface area contributed by atoms with E-state index in [1.54, 1.807) is 4.31 Å². The van der Waals surface area contributed by atoms with E-state index in [0.29, 0.717) is 5.75 Å². The summed E-state index contributed by atoms with van der Waals surface area (Å²) in [5.74, 6) is 0.295. The largest absolute Gasteiger partial charge is 0.313 e. The van der Waals surface area contributed by atoms with Crippen LogP contribution in [0.3, 0.4) is 0 Å². The predicted molar refractivity (Wildman–Crippen MR) is 74.1 cm³/mol. The zero-order chi connectivity index (χ0) is 13.0. The van der Waals surface area contributed by atoms with Crippen molar-refractivity contribution in [3.8, 4) is 0 Å². The quantitative estimate of drug-likeness (QED) is 0.849. The lowest BCUT2D eigenvalue weighted by Gasteiger charge is -2.29. The van der Waals surface area contributed by atoms with Crippen LogP contribution < -0.4 is 5.32 Å². The summed E-state index contributed by atoms with van der Waals surface area (Å²) < 4.78 is 26.9. The van der Waals surface area contributed by atoms with Gasteiger partial charge in [0.25, 0.3) is 0 Å². The van der Waals surface area contributed by atoms with Crippen molar-refractivity contribution >= 4 is 10.0 Å². The molecule has 0 aliphatic carbocycles. The third-order valence-corrected chi connectivity index (χ3v) is 6.24. The van der Waals surface area contributed by atoms with Gasteiger partial charge in [0.15, 0.2) is 0 Å². The van der Waals surface area contributed by atoms with Gasteiger partial charge in [-0.2, -0.15) is 4.31 Å². The smallest absolute Gasteiger partial charge is 0.215 e. The third kappa shape index (κ3) is 3.45. The van der Waals surface area contributed by atoms with E-state index in [-0.39, 0.29) is 12.1 Å². The first kappa shape index (κ1) is 14.3. The normalized spacial score (nSPS) is 31.4. The molecule has 0 aromatic carbocycles. The molecule has 2 rings (SSSR count). The highest BCUT2D eigenvalue weighted by atomic mass is 32.2. The van der Waals surface area contributed by atoms with E-state index in [1.165, 1.54) is 12.8 Å². The van der Waals surface area contributed by atoms with Crippen molar-refractivity contribution in [2.24, 2.45) is 0 Å². The number of nitrogens with one attached hydrogen (secondary N) is 1. The van der Waals surface area contributed by atoms with Crippen LogP contribution in [0.25, 0.3) is 0 Å². The molecule has 2 atom stereocenters. The van der Waals surface area contributed by atoms with Gasteiger partial charge < -0.3 is 5.32 Å². The Balaban J connectivity index is 2.05. The van der Waals surface area contributed by atoms with Gasteiger partial charge in [0, 0.05) is 18.6 Å². The lowest BCUT2D eigenvalue weighted by molar-refractivity contribution is 0.313. The summed E-state index contributed by atoms with van der Waals surface area (Å²) in [6.07, 6.45) is 7.45. The van der Waals surface area contributed by atoms with Gasteiger partial charge in [0.2, 0.25) is 10.0 Å². The van der Waals surface area contributed by atoms with E-state index in [0.717, 1.165) is 45.2 Å². The summed E-state index contributed by atoms with van der Waals surface area (Å²) in [5.41, 5.74) is 0. The van der Waals surface area contributed by atoms with Crippen molar-refractivity contribution in [1.29, 1.82) is 0 Å². The zero-order valence-electron chi connectivity index (χ0n) is 11.4. The molecule has 0 saturated carbocycles. The van der Waals surface area contributed by atoms with Crippen molar-refractivity contribution in [3.05, 3.63) is 0 Å². The van der Waals surface area contributed by atoms with Crippen LogP contribution in [0.15, 0.2) is 0 Å². The van der Waals surface area contributed by atoms with Crippen LogP contribution in [-0.2, 0) is 10.0 Å². The SMILES string of the molecule is CCC1CCCCCN1S(=O)(=O)CC1CCCN1. The molecule has 2 unspecified atom stereocenters. The minimum absolute atomic E-state index is 0.177. The molecule has 0 bridgehead atoms. The second-order valence-corrected chi connectivity index (χ2v) is 7.56. The Kier molecular flexibility index (Phi) is 5.04. The van der Waals surface area contributed by atoms with Crippen molar-refractivity contribution in [2.75, 3.05) is 18.8 Å². The first-order chi connectivity index (χ1) is 8.63. The first-order valence-electron chi connectivity index (χ1n) is 7.36. The van der Waals surface area contributed by atoms with Gasteiger partial charge >= 0.3 is 0 Å². The van der Waals surface area contributed by atoms with Crippen molar-refractivity contribution in [2.45, 2.75) is 64.0 Å². The van der Waals surface area contributed by atoms with E-state index in [9.17, 15) is 8.42 Å². The molecule has 2 aliphatic heterocycles.